The minimum Gasteiger partial charge on any atom is -0.374 e. The van der Waals surface area contributed by atoms with E-state index in [2.05, 4.69) is 40.4 Å². The van der Waals surface area contributed by atoms with Crippen LogP contribution in [0.15, 0.2) is 42.5 Å². The Balaban J connectivity index is 1.53. The van der Waals surface area contributed by atoms with Crippen molar-refractivity contribution in [3.8, 4) is 0 Å². The molecule has 0 spiro atoms. The Bertz CT molecular complexity index is 938. The number of carbonyl (C=O) groups excluding carboxylic acids is 1. The van der Waals surface area contributed by atoms with Gasteiger partial charge in [0.05, 0.1) is 11.6 Å². The maximum absolute atomic E-state index is 13.0. The number of benzene rings is 2. The Labute approximate surface area is 181 Å². The van der Waals surface area contributed by atoms with Gasteiger partial charge in [-0.15, -0.1) is 0 Å². The lowest BCUT2D eigenvalue weighted by atomic mass is 9.98. The molecule has 7 heteroatoms. The first-order valence-electron chi connectivity index (χ1n) is 10.9. The summed E-state index contributed by atoms with van der Waals surface area (Å²) in [7, 11) is 2.09. The van der Waals surface area contributed by atoms with Crippen LogP contribution in [0.5, 0.6) is 0 Å². The molecule has 1 atom stereocenters. The Hall–Kier alpha value is -2.54. The number of likely N-dealkylation sites (N-methyl/N-ethyl adjacent to an activating group) is 1. The molecule has 2 heterocycles. The Morgan fingerprint density at radius 1 is 1.06 bits per heavy atom. The topological polar surface area (TPSA) is 35.6 Å². The molecule has 0 aliphatic carbocycles. The van der Waals surface area contributed by atoms with Crippen LogP contribution in [0.3, 0.4) is 0 Å². The van der Waals surface area contributed by atoms with Gasteiger partial charge in [-0.2, -0.15) is 13.2 Å². The van der Waals surface area contributed by atoms with E-state index in [1.54, 1.807) is 0 Å². The highest BCUT2D eigenvalue weighted by atomic mass is 19.4. The molecule has 2 aromatic rings. The summed E-state index contributed by atoms with van der Waals surface area (Å²) >= 11 is 0. The second kappa shape index (κ2) is 8.91. The number of fused-ring (bicyclic) bond motifs is 1. The minimum atomic E-state index is -4.47. The van der Waals surface area contributed by atoms with Crippen molar-refractivity contribution in [2.75, 3.05) is 38.1 Å². The zero-order valence-electron chi connectivity index (χ0n) is 17.7. The van der Waals surface area contributed by atoms with E-state index in [0.717, 1.165) is 56.6 Å². The number of alkyl halides is 3. The highest BCUT2D eigenvalue weighted by Crippen LogP contribution is 2.32. The lowest BCUT2D eigenvalue weighted by Gasteiger charge is -2.35. The SMILES string of the molecule is CN1CCc2cc(C(CNC(=O)c3cccc(C(F)(F)F)c3)N3CCCCC3)ccc21. The van der Waals surface area contributed by atoms with Gasteiger partial charge in [-0.1, -0.05) is 24.6 Å². The molecule has 1 saturated heterocycles. The Morgan fingerprint density at radius 2 is 1.84 bits per heavy atom. The van der Waals surface area contributed by atoms with E-state index in [0.29, 0.717) is 6.54 Å². The van der Waals surface area contributed by atoms with Gasteiger partial charge in [0.25, 0.3) is 5.91 Å². The Morgan fingerprint density at radius 3 is 2.58 bits per heavy atom. The molecule has 1 fully saturated rings. The van der Waals surface area contributed by atoms with Crippen molar-refractivity contribution in [2.45, 2.75) is 37.9 Å². The molecule has 0 saturated carbocycles. The van der Waals surface area contributed by atoms with Crippen molar-refractivity contribution in [1.29, 1.82) is 0 Å². The largest absolute Gasteiger partial charge is 0.416 e. The molecule has 166 valence electrons. The van der Waals surface area contributed by atoms with Crippen LogP contribution in [0.25, 0.3) is 0 Å². The number of hydrogen-bond donors (Lipinski definition) is 1. The predicted octanol–water partition coefficient (Wildman–Crippen LogP) is 4.65. The number of rotatable bonds is 5. The van der Waals surface area contributed by atoms with E-state index in [-0.39, 0.29) is 11.6 Å². The molecule has 4 rings (SSSR count). The fourth-order valence-electron chi connectivity index (χ4n) is 4.61. The van der Waals surface area contributed by atoms with Crippen LogP contribution in [0.1, 0.15) is 52.4 Å². The first kappa shape index (κ1) is 21.7. The van der Waals surface area contributed by atoms with Crippen LogP contribution in [0, 0.1) is 0 Å². The molecule has 0 aromatic heterocycles. The third-order valence-corrected chi connectivity index (χ3v) is 6.36. The molecule has 1 amide bonds. The van der Waals surface area contributed by atoms with Crippen LogP contribution < -0.4 is 10.2 Å². The van der Waals surface area contributed by atoms with Gasteiger partial charge >= 0.3 is 6.18 Å². The summed E-state index contributed by atoms with van der Waals surface area (Å²) in [6.45, 7) is 3.28. The summed E-state index contributed by atoms with van der Waals surface area (Å²) in [4.78, 5) is 17.3. The van der Waals surface area contributed by atoms with Gasteiger partial charge in [-0.3, -0.25) is 9.69 Å². The fraction of sp³-hybridized carbons (Fsp3) is 0.458. The first-order valence-corrected chi connectivity index (χ1v) is 10.9. The van der Waals surface area contributed by atoms with Gasteiger partial charge in [-0.05, 0) is 67.7 Å². The molecule has 2 aromatic carbocycles. The zero-order valence-corrected chi connectivity index (χ0v) is 17.7. The lowest BCUT2D eigenvalue weighted by Crippen LogP contribution is -2.40. The quantitative estimate of drug-likeness (QED) is 0.748. The van der Waals surface area contributed by atoms with E-state index < -0.39 is 17.6 Å². The molecule has 4 nitrogen and oxygen atoms in total. The highest BCUT2D eigenvalue weighted by molar-refractivity contribution is 5.94. The van der Waals surface area contributed by atoms with Crippen LogP contribution in [-0.4, -0.2) is 44.0 Å². The van der Waals surface area contributed by atoms with Crippen molar-refractivity contribution >= 4 is 11.6 Å². The highest BCUT2D eigenvalue weighted by Gasteiger charge is 2.31. The molecule has 1 unspecified atom stereocenters. The van der Waals surface area contributed by atoms with Gasteiger partial charge < -0.3 is 10.2 Å². The van der Waals surface area contributed by atoms with E-state index in [1.165, 1.54) is 29.8 Å². The average molecular weight is 432 g/mol. The molecule has 2 aliphatic heterocycles. The summed E-state index contributed by atoms with van der Waals surface area (Å²) in [6.07, 6.45) is -0.0283. The van der Waals surface area contributed by atoms with Gasteiger partial charge in [0.1, 0.15) is 0 Å². The maximum atomic E-state index is 13.0. The first-order chi connectivity index (χ1) is 14.8. The Kier molecular flexibility index (Phi) is 6.23. The lowest BCUT2D eigenvalue weighted by molar-refractivity contribution is -0.137. The van der Waals surface area contributed by atoms with Crippen molar-refractivity contribution in [2.24, 2.45) is 0 Å². The molecular weight excluding hydrogens is 403 g/mol. The van der Waals surface area contributed by atoms with E-state index in [4.69, 9.17) is 0 Å². The van der Waals surface area contributed by atoms with Gasteiger partial charge in [0, 0.05) is 31.4 Å². The molecule has 2 aliphatic rings. The second-order valence-corrected chi connectivity index (χ2v) is 8.46. The summed E-state index contributed by atoms with van der Waals surface area (Å²) in [5.74, 6) is -0.478. The number of halogens is 3. The fourth-order valence-corrected chi connectivity index (χ4v) is 4.61. The molecular formula is C24H28F3N3O. The number of carbonyl (C=O) groups is 1. The van der Waals surface area contributed by atoms with Crippen molar-refractivity contribution in [3.63, 3.8) is 0 Å². The smallest absolute Gasteiger partial charge is 0.374 e. The summed E-state index contributed by atoms with van der Waals surface area (Å²) in [5.41, 5.74) is 2.93. The number of hydrogen-bond acceptors (Lipinski definition) is 3. The van der Waals surface area contributed by atoms with Crippen LogP contribution >= 0.6 is 0 Å². The number of amides is 1. The van der Waals surface area contributed by atoms with Crippen LogP contribution in [0.2, 0.25) is 0 Å². The van der Waals surface area contributed by atoms with Crippen LogP contribution in [-0.2, 0) is 12.6 Å². The summed E-state index contributed by atoms with van der Waals surface area (Å²) in [6, 6.07) is 11.1. The molecule has 0 radical (unpaired) electrons. The number of likely N-dealkylation sites (tertiary alicyclic amines) is 1. The van der Waals surface area contributed by atoms with Crippen molar-refractivity contribution in [3.05, 3.63) is 64.7 Å². The zero-order chi connectivity index (χ0) is 22.0. The second-order valence-electron chi connectivity index (χ2n) is 8.46. The molecule has 1 N–H and O–H groups in total. The summed E-state index contributed by atoms with van der Waals surface area (Å²) < 4.78 is 39.0. The molecule has 31 heavy (non-hydrogen) atoms. The van der Waals surface area contributed by atoms with E-state index in [1.807, 2.05) is 0 Å². The third-order valence-electron chi connectivity index (χ3n) is 6.36. The third kappa shape index (κ3) is 4.87. The van der Waals surface area contributed by atoms with E-state index in [9.17, 15) is 18.0 Å². The maximum Gasteiger partial charge on any atom is 0.416 e. The van der Waals surface area contributed by atoms with Crippen molar-refractivity contribution < 1.29 is 18.0 Å². The van der Waals surface area contributed by atoms with Gasteiger partial charge in [0.2, 0.25) is 0 Å². The van der Waals surface area contributed by atoms with Crippen LogP contribution in [0.4, 0.5) is 18.9 Å². The monoisotopic (exact) mass is 431 g/mol. The number of nitrogens with zero attached hydrogens (tertiary/aromatic N) is 2. The standard InChI is InChI=1S/C24H28F3N3O/c1-29-13-10-18-14-17(8-9-21(18)29)22(30-11-3-2-4-12-30)16-28-23(31)19-6-5-7-20(15-19)24(25,26)27/h5-9,14-15,22H,2-4,10-13,16H2,1H3,(H,28,31). The van der Waals surface area contributed by atoms with E-state index >= 15 is 0 Å². The number of piperidine rings is 1. The van der Waals surface area contributed by atoms with Crippen molar-refractivity contribution in [1.82, 2.24) is 10.2 Å². The van der Waals surface area contributed by atoms with Gasteiger partial charge in [-0.25, -0.2) is 0 Å². The summed E-state index contributed by atoms with van der Waals surface area (Å²) in [5, 5.41) is 2.89. The predicted molar refractivity (Wildman–Crippen MR) is 115 cm³/mol. The minimum absolute atomic E-state index is 0.00579. The number of nitrogens with one attached hydrogen (secondary N) is 1. The molecule has 0 bridgehead atoms. The average Bonchev–Trinajstić information content (AvgIpc) is 3.14. The number of anilines is 1. The van der Waals surface area contributed by atoms with Gasteiger partial charge in [0.15, 0.2) is 0 Å². The normalized spacial score (nSPS) is 18.0.